The predicted octanol–water partition coefficient (Wildman–Crippen LogP) is 5.47. The van der Waals surface area contributed by atoms with E-state index in [4.69, 9.17) is 4.74 Å². The summed E-state index contributed by atoms with van der Waals surface area (Å²) >= 11 is 1.37. The largest absolute Gasteiger partial charge is 0.453 e. The van der Waals surface area contributed by atoms with Crippen molar-refractivity contribution in [2.24, 2.45) is 5.41 Å². The Kier molecular flexibility index (Phi) is 8.94. The van der Waals surface area contributed by atoms with E-state index >= 15 is 4.39 Å². The lowest BCUT2D eigenvalue weighted by Crippen LogP contribution is -2.40. The van der Waals surface area contributed by atoms with Crippen LogP contribution in [0, 0.1) is 17.0 Å². The van der Waals surface area contributed by atoms with E-state index in [0.29, 0.717) is 40.1 Å². The molecule has 2 heterocycles. The van der Waals surface area contributed by atoms with Gasteiger partial charge < -0.3 is 30.9 Å². The molecule has 10 nitrogen and oxygen atoms in total. The van der Waals surface area contributed by atoms with Crippen molar-refractivity contribution >= 4 is 50.6 Å². The minimum atomic E-state index is -1.30. The van der Waals surface area contributed by atoms with Crippen molar-refractivity contribution in [3.8, 4) is 21.9 Å². The number of aliphatic hydroxyl groups excluding tert-OH is 2. The number of carbonyl (C=O) groups excluding carboxylic acids is 3. The van der Waals surface area contributed by atoms with Crippen LogP contribution in [-0.4, -0.2) is 52.2 Å². The van der Waals surface area contributed by atoms with Gasteiger partial charge in [0, 0.05) is 40.1 Å². The lowest BCUT2D eigenvalue weighted by Gasteiger charge is -2.16. The summed E-state index contributed by atoms with van der Waals surface area (Å²) in [4.78, 5) is 43.5. The summed E-state index contributed by atoms with van der Waals surface area (Å²) in [5.74, 6) is -2.41. The number of rotatable bonds is 11. The van der Waals surface area contributed by atoms with E-state index in [1.165, 1.54) is 47.7 Å². The number of nitrogens with zero attached hydrogens (tertiary/aromatic N) is 1. The fraction of sp³-hybridized carbons (Fsp3) is 0.176. The van der Waals surface area contributed by atoms with Crippen molar-refractivity contribution in [3.63, 3.8) is 0 Å². The summed E-state index contributed by atoms with van der Waals surface area (Å²) in [5.41, 5.74) is 1.01. The number of amides is 3. The Bertz CT molecular complexity index is 1960. The molecule has 1 aliphatic carbocycles. The molecule has 3 aromatic carbocycles. The maximum Gasteiger partial charge on any atom is 0.251 e. The van der Waals surface area contributed by atoms with Gasteiger partial charge >= 0.3 is 0 Å². The second-order valence-corrected chi connectivity index (χ2v) is 12.0. The maximum absolute atomic E-state index is 15.2. The maximum atomic E-state index is 15.2. The average molecular weight is 659 g/mol. The smallest absolute Gasteiger partial charge is 0.251 e. The SMILES string of the molecule is O=C(NC(CO)CO)c1ccc(-c2cc3nccc(Oc4ccc(NC(=O)C5(C(=O)Nc6ccc(F)cc6)CC5)cc4F)c3s2)cc1. The van der Waals surface area contributed by atoms with E-state index in [9.17, 15) is 29.0 Å². The van der Waals surface area contributed by atoms with Gasteiger partial charge in [0.2, 0.25) is 11.8 Å². The van der Waals surface area contributed by atoms with Crippen LogP contribution in [0.5, 0.6) is 11.5 Å². The first-order valence-corrected chi connectivity index (χ1v) is 15.4. The third-order valence-electron chi connectivity index (χ3n) is 7.71. The van der Waals surface area contributed by atoms with Gasteiger partial charge in [-0.1, -0.05) is 12.1 Å². The van der Waals surface area contributed by atoms with Crippen molar-refractivity contribution in [1.82, 2.24) is 10.3 Å². The van der Waals surface area contributed by atoms with Crippen molar-refractivity contribution in [2.75, 3.05) is 23.8 Å². The monoisotopic (exact) mass is 658 g/mol. The molecular formula is C34H28F2N4O6S. The lowest BCUT2D eigenvalue weighted by atomic mass is 10.0. The highest BCUT2D eigenvalue weighted by Gasteiger charge is 2.56. The van der Waals surface area contributed by atoms with Gasteiger partial charge in [-0.3, -0.25) is 19.4 Å². The summed E-state index contributed by atoms with van der Waals surface area (Å²) in [6.45, 7) is -0.766. The quantitative estimate of drug-likeness (QED) is 0.118. The van der Waals surface area contributed by atoms with Crippen molar-refractivity contribution in [1.29, 1.82) is 0 Å². The Labute approximate surface area is 271 Å². The van der Waals surface area contributed by atoms with Gasteiger partial charge in [-0.2, -0.15) is 0 Å². The molecule has 3 amide bonds. The number of aromatic nitrogens is 1. The minimum Gasteiger partial charge on any atom is -0.453 e. The number of fused-ring (bicyclic) bond motifs is 1. The number of anilines is 2. The van der Waals surface area contributed by atoms with Crippen LogP contribution in [0.15, 0.2) is 85.1 Å². The molecular weight excluding hydrogens is 630 g/mol. The third-order valence-corrected chi connectivity index (χ3v) is 8.90. The van der Waals surface area contributed by atoms with Gasteiger partial charge in [0.05, 0.1) is 29.5 Å². The fourth-order valence-corrected chi connectivity index (χ4v) is 5.91. The summed E-state index contributed by atoms with van der Waals surface area (Å²) in [5, 5.41) is 26.2. The second kappa shape index (κ2) is 13.2. The Morgan fingerprint density at radius 2 is 1.51 bits per heavy atom. The average Bonchev–Trinajstić information content (AvgIpc) is 3.78. The van der Waals surface area contributed by atoms with Gasteiger partial charge in [0.15, 0.2) is 11.6 Å². The first kappa shape index (κ1) is 31.7. The molecule has 47 heavy (non-hydrogen) atoms. The molecule has 13 heteroatoms. The van der Waals surface area contributed by atoms with Crippen LogP contribution >= 0.6 is 11.3 Å². The third kappa shape index (κ3) is 6.82. The molecule has 5 aromatic rings. The second-order valence-electron chi connectivity index (χ2n) is 11.0. The van der Waals surface area contributed by atoms with Crippen LogP contribution in [0.3, 0.4) is 0 Å². The van der Waals surface area contributed by atoms with E-state index in [-0.39, 0.29) is 24.7 Å². The fourth-order valence-electron chi connectivity index (χ4n) is 4.84. The Morgan fingerprint density at radius 3 is 2.15 bits per heavy atom. The molecule has 1 saturated carbocycles. The van der Waals surface area contributed by atoms with Crippen molar-refractivity contribution in [3.05, 3.63) is 102 Å². The number of thiophene rings is 1. The topological polar surface area (TPSA) is 150 Å². The van der Waals surface area contributed by atoms with E-state index in [1.54, 1.807) is 36.5 Å². The molecule has 0 saturated heterocycles. The van der Waals surface area contributed by atoms with Gasteiger partial charge in [-0.25, -0.2) is 8.78 Å². The first-order valence-electron chi connectivity index (χ1n) is 14.6. The number of pyridine rings is 1. The number of carbonyl (C=O) groups is 3. The van der Waals surface area contributed by atoms with Crippen LogP contribution in [0.2, 0.25) is 0 Å². The zero-order valence-electron chi connectivity index (χ0n) is 24.6. The number of hydrogen-bond donors (Lipinski definition) is 5. The van der Waals surface area contributed by atoms with E-state index in [1.807, 2.05) is 6.07 Å². The standard InChI is InChI=1S/C34H28F2N4O6S/c35-21-5-7-22(8-6-21)39-32(44)34(12-13-34)33(45)40-23-9-10-27(25(36)15-23)46-28-11-14-37-26-16-29(47-30(26)28)19-1-3-20(4-2-19)31(43)38-24(17-41)18-42/h1-11,14-16,24,41-42H,12-13,17-18H2,(H,38,43)(H,39,44)(H,40,45). The molecule has 0 radical (unpaired) electrons. The molecule has 0 aliphatic heterocycles. The highest BCUT2D eigenvalue weighted by atomic mass is 32.1. The number of aliphatic hydroxyl groups is 2. The zero-order chi connectivity index (χ0) is 33.1. The molecule has 6 rings (SSSR count). The Balaban J connectivity index is 1.13. The van der Waals surface area contributed by atoms with Gasteiger partial charge in [-0.15, -0.1) is 11.3 Å². The van der Waals surface area contributed by atoms with Crippen LogP contribution in [0.25, 0.3) is 20.7 Å². The van der Waals surface area contributed by atoms with E-state index in [2.05, 4.69) is 20.9 Å². The molecule has 0 unspecified atom stereocenters. The van der Waals surface area contributed by atoms with Crippen LogP contribution in [-0.2, 0) is 9.59 Å². The number of halogens is 2. The molecule has 0 atom stereocenters. The Morgan fingerprint density at radius 1 is 0.851 bits per heavy atom. The summed E-state index contributed by atoms with van der Waals surface area (Å²) in [7, 11) is 0. The van der Waals surface area contributed by atoms with E-state index in [0.717, 1.165) is 16.5 Å². The van der Waals surface area contributed by atoms with Crippen molar-refractivity contribution in [2.45, 2.75) is 18.9 Å². The van der Waals surface area contributed by atoms with Gasteiger partial charge in [0.25, 0.3) is 5.91 Å². The number of hydrogen-bond acceptors (Lipinski definition) is 8. The number of ether oxygens (including phenoxy) is 1. The predicted molar refractivity (Wildman–Crippen MR) is 172 cm³/mol. The Hall–Kier alpha value is -5.24. The summed E-state index contributed by atoms with van der Waals surface area (Å²) in [6.07, 6.45) is 2.19. The molecule has 0 spiro atoms. The van der Waals surface area contributed by atoms with Gasteiger partial charge in [-0.05, 0) is 73.0 Å². The lowest BCUT2D eigenvalue weighted by molar-refractivity contribution is -0.131. The molecule has 1 fully saturated rings. The molecule has 2 aromatic heterocycles. The normalized spacial score (nSPS) is 13.3. The van der Waals surface area contributed by atoms with Crippen molar-refractivity contribution < 1.29 is 38.1 Å². The van der Waals surface area contributed by atoms with Crippen LogP contribution in [0.1, 0.15) is 23.2 Å². The molecule has 240 valence electrons. The summed E-state index contributed by atoms with van der Waals surface area (Å²) < 4.78 is 35.0. The van der Waals surface area contributed by atoms with Crippen LogP contribution < -0.4 is 20.7 Å². The molecule has 1 aliphatic rings. The number of benzene rings is 3. The summed E-state index contributed by atoms with van der Waals surface area (Å²) in [6, 6.07) is 18.7. The highest BCUT2D eigenvalue weighted by Crippen LogP contribution is 2.48. The zero-order valence-corrected chi connectivity index (χ0v) is 25.4. The molecule has 0 bridgehead atoms. The highest BCUT2D eigenvalue weighted by molar-refractivity contribution is 7.22. The number of nitrogens with one attached hydrogen (secondary N) is 3. The minimum absolute atomic E-state index is 0.0833. The first-order chi connectivity index (χ1) is 22.7. The molecule has 5 N–H and O–H groups in total. The van der Waals surface area contributed by atoms with Crippen LogP contribution in [0.4, 0.5) is 20.2 Å². The van der Waals surface area contributed by atoms with Gasteiger partial charge in [0.1, 0.15) is 17.0 Å². The van der Waals surface area contributed by atoms with E-state index < -0.39 is 40.8 Å².